The number of hydrogen-bond acceptors (Lipinski definition) is 0. The fourth-order valence-electron chi connectivity index (χ4n) is 3.98. The number of benzene rings is 3. The van der Waals surface area contributed by atoms with Gasteiger partial charge in [0.05, 0.1) is 0 Å². The van der Waals surface area contributed by atoms with Crippen molar-refractivity contribution in [1.29, 1.82) is 0 Å². The van der Waals surface area contributed by atoms with E-state index in [1.807, 2.05) is 0 Å². The quantitative estimate of drug-likeness (QED) is 0.230. The predicted octanol–water partition coefficient (Wildman–Crippen LogP) is 5.25. The number of rotatable bonds is 4. The molecule has 4 rings (SSSR count). The van der Waals surface area contributed by atoms with Gasteiger partial charge in [-0.3, -0.25) is 0 Å². The van der Waals surface area contributed by atoms with E-state index in [9.17, 15) is 0 Å². The molecule has 1 aliphatic rings. The van der Waals surface area contributed by atoms with Gasteiger partial charge in [0.15, 0.2) is 0 Å². The van der Waals surface area contributed by atoms with Crippen molar-refractivity contribution in [2.45, 2.75) is 32.1 Å². The number of hydrogen-bond donors (Lipinski definition) is 0. The topological polar surface area (TPSA) is 0 Å². The average molecular weight is 567 g/mol. The zero-order valence-electron chi connectivity index (χ0n) is 16.1. The van der Waals surface area contributed by atoms with E-state index in [2.05, 4.69) is 101 Å². The Morgan fingerprint density at radius 3 is 1.46 bits per heavy atom. The first-order valence-corrected chi connectivity index (χ1v) is 16.3. The van der Waals surface area contributed by atoms with Gasteiger partial charge in [0.2, 0.25) is 0 Å². The van der Waals surface area contributed by atoms with Crippen LogP contribution in [0.1, 0.15) is 32.1 Å². The first-order chi connectivity index (χ1) is 13.9. The molecule has 147 valence electrons. The molecule has 0 unspecified atom stereocenters. The summed E-state index contributed by atoms with van der Waals surface area (Å²) in [6, 6.07) is 33.6. The van der Waals surface area contributed by atoms with Crippen LogP contribution in [0.4, 0.5) is 0 Å². The molecule has 0 aliphatic heterocycles. The molecule has 0 N–H and O–H groups in total. The van der Waals surface area contributed by atoms with Crippen LogP contribution in [-0.2, 0) is 19.2 Å². The van der Waals surface area contributed by atoms with Gasteiger partial charge in [-0.25, -0.2) is 0 Å². The van der Waals surface area contributed by atoms with Crippen molar-refractivity contribution < 1.29 is 19.2 Å². The van der Waals surface area contributed by atoms with Crippen LogP contribution in [0.2, 0.25) is 0 Å². The first-order valence-electron chi connectivity index (χ1n) is 10.1. The Hall–Kier alpha value is -1.61. The summed E-state index contributed by atoms with van der Waals surface area (Å²) in [6.45, 7) is 0. The van der Waals surface area contributed by atoms with Crippen LogP contribution in [0, 0.1) is 16.0 Å². The van der Waals surface area contributed by atoms with E-state index >= 15 is 0 Å². The Morgan fingerprint density at radius 2 is 1.04 bits per heavy atom. The molecule has 2 heteroatoms. The molecule has 3 aromatic rings. The third-order valence-corrected chi connectivity index (χ3v) is 18.2. The Morgan fingerprint density at radius 1 is 0.607 bits per heavy atom. The van der Waals surface area contributed by atoms with Crippen LogP contribution in [-0.4, -0.2) is 0 Å². The molecule has 1 saturated carbocycles. The molecule has 0 heterocycles. The Bertz CT molecular complexity index is 823. The van der Waals surface area contributed by atoms with Gasteiger partial charge in [-0.1, -0.05) is 0 Å². The Kier molecular flexibility index (Phi) is 6.85. The Labute approximate surface area is 178 Å². The van der Waals surface area contributed by atoms with Crippen LogP contribution >= 0.6 is 5.15 Å². The van der Waals surface area contributed by atoms with Crippen molar-refractivity contribution in [3.05, 3.63) is 91.0 Å². The zero-order chi connectivity index (χ0) is 19.1. The summed E-state index contributed by atoms with van der Waals surface area (Å²) in [5.74, 6) is 4.34. The van der Waals surface area contributed by atoms with Crippen LogP contribution in [0.25, 0.3) is 0 Å². The molecule has 0 radical (unpaired) electrons. The van der Waals surface area contributed by atoms with E-state index in [1.54, 1.807) is 0 Å². The van der Waals surface area contributed by atoms with Crippen LogP contribution in [0.15, 0.2) is 91.0 Å². The third kappa shape index (κ3) is 4.35. The fourth-order valence-corrected chi connectivity index (χ4v) is 15.5. The second kappa shape index (κ2) is 9.73. The van der Waals surface area contributed by atoms with Gasteiger partial charge in [0, 0.05) is 0 Å². The SMILES string of the molecule is [C](#CC1CCCCC1)[Au][PH](c1ccccc1)(c1ccccc1)c1ccccc1. The van der Waals surface area contributed by atoms with Gasteiger partial charge in [0.1, 0.15) is 0 Å². The maximum atomic E-state index is 3.80. The summed E-state index contributed by atoms with van der Waals surface area (Å²) in [6.07, 6.45) is 6.70. The van der Waals surface area contributed by atoms with E-state index in [4.69, 9.17) is 0 Å². The molecule has 0 bridgehead atoms. The summed E-state index contributed by atoms with van der Waals surface area (Å²) < 4.78 is 3.80. The van der Waals surface area contributed by atoms with Gasteiger partial charge in [-0.15, -0.1) is 0 Å². The van der Waals surface area contributed by atoms with Crippen LogP contribution in [0.3, 0.4) is 0 Å². The monoisotopic (exact) mass is 567 g/mol. The minimum absolute atomic E-state index is 0.167. The Balaban J connectivity index is 1.82. The molecule has 28 heavy (non-hydrogen) atoms. The molecule has 0 saturated heterocycles. The molecule has 0 amide bonds. The molecule has 0 aromatic heterocycles. The molecule has 1 fully saturated rings. The van der Waals surface area contributed by atoms with Gasteiger partial charge in [-0.2, -0.15) is 0 Å². The van der Waals surface area contributed by atoms with Gasteiger partial charge >= 0.3 is 179 Å². The van der Waals surface area contributed by atoms with Gasteiger partial charge in [0.25, 0.3) is 0 Å². The normalized spacial score (nSPS) is 15.6. The summed E-state index contributed by atoms with van der Waals surface area (Å²) in [5.41, 5.74) is 0. The summed E-state index contributed by atoms with van der Waals surface area (Å²) in [7, 11) is 0. The van der Waals surface area contributed by atoms with Crippen LogP contribution in [0.5, 0.6) is 0 Å². The molecule has 1 aliphatic carbocycles. The second-order valence-electron chi connectivity index (χ2n) is 7.33. The zero-order valence-corrected chi connectivity index (χ0v) is 19.2. The molecule has 0 atom stereocenters. The van der Waals surface area contributed by atoms with Gasteiger partial charge < -0.3 is 0 Å². The standard InChI is InChI=1S/C18H15P.C8H11.Au/c1-4-10-16(11-5-1)19(17-12-6-2-7-13-17)18-14-8-3-9-15-18;1-2-8-6-4-3-5-7-8;/h1-15H;8H,3-7H2;/q;;-1/p+1. The summed E-state index contributed by atoms with van der Waals surface area (Å²) >= 11 is -0.167. The molecular formula is C26H27AuP. The average Bonchev–Trinajstić information content (AvgIpc) is 2.79. The van der Waals surface area contributed by atoms with Crippen molar-refractivity contribution in [2.24, 2.45) is 5.92 Å². The van der Waals surface area contributed by atoms with Gasteiger partial charge in [-0.05, 0) is 0 Å². The minimum atomic E-state index is -2.08. The van der Waals surface area contributed by atoms with E-state index in [0.29, 0.717) is 5.92 Å². The summed E-state index contributed by atoms with van der Waals surface area (Å²) in [4.78, 5) is 0. The van der Waals surface area contributed by atoms with E-state index in [-0.39, 0.29) is 19.2 Å². The van der Waals surface area contributed by atoms with E-state index in [1.165, 1.54) is 48.0 Å². The van der Waals surface area contributed by atoms with Crippen LogP contribution < -0.4 is 15.9 Å². The third-order valence-electron chi connectivity index (χ3n) is 5.45. The molecule has 3 aromatic carbocycles. The predicted molar refractivity (Wildman–Crippen MR) is 121 cm³/mol. The first kappa shape index (κ1) is 19.7. The molecule has 0 nitrogen and oxygen atoms in total. The molecular weight excluding hydrogens is 540 g/mol. The van der Waals surface area contributed by atoms with E-state index < -0.39 is 5.15 Å². The second-order valence-corrected chi connectivity index (χ2v) is 17.5. The van der Waals surface area contributed by atoms with E-state index in [0.717, 1.165) is 0 Å². The maximum absolute atomic E-state index is 3.80. The van der Waals surface area contributed by atoms with Crippen molar-refractivity contribution in [3.63, 3.8) is 0 Å². The van der Waals surface area contributed by atoms with Crippen molar-refractivity contribution in [3.8, 4) is 10.1 Å². The van der Waals surface area contributed by atoms with Crippen molar-refractivity contribution >= 4 is 21.1 Å². The van der Waals surface area contributed by atoms with Crippen molar-refractivity contribution in [2.75, 3.05) is 0 Å². The summed E-state index contributed by atoms with van der Waals surface area (Å²) in [5, 5.41) is 2.39. The van der Waals surface area contributed by atoms with Crippen molar-refractivity contribution in [1.82, 2.24) is 0 Å². The fraction of sp³-hybridized carbons (Fsp3) is 0.231. The molecule has 0 spiro atoms.